The van der Waals surface area contributed by atoms with Crippen LogP contribution >= 0.6 is 11.6 Å². The predicted octanol–water partition coefficient (Wildman–Crippen LogP) is 3.41. The molecule has 0 fully saturated rings. The number of carbonyl (C=O) groups excluding carboxylic acids is 1. The van der Waals surface area contributed by atoms with Crippen LogP contribution in [-0.2, 0) is 11.2 Å². The summed E-state index contributed by atoms with van der Waals surface area (Å²) < 4.78 is 0. The zero-order chi connectivity index (χ0) is 13.4. The largest absolute Gasteiger partial charge is 0.343 e. The molecule has 0 heterocycles. The molecule has 0 aromatic heterocycles. The Labute approximate surface area is 115 Å². The summed E-state index contributed by atoms with van der Waals surface area (Å²) in [5.74, 6) is 0.840. The Bertz CT molecular complexity index is 379. The van der Waals surface area contributed by atoms with Gasteiger partial charge in [0.05, 0.1) is 0 Å². The van der Waals surface area contributed by atoms with Gasteiger partial charge >= 0.3 is 0 Å². The maximum Gasteiger partial charge on any atom is 0.222 e. The van der Waals surface area contributed by atoms with E-state index in [2.05, 4.69) is 19.1 Å². The first-order chi connectivity index (χ1) is 8.69. The van der Waals surface area contributed by atoms with Crippen molar-refractivity contribution in [2.75, 3.05) is 19.0 Å². The number of alkyl halides is 1. The topological polar surface area (TPSA) is 20.3 Å². The molecule has 0 spiro atoms. The molecule has 18 heavy (non-hydrogen) atoms. The Morgan fingerprint density at radius 1 is 1.33 bits per heavy atom. The first kappa shape index (κ1) is 15.0. The Balaban J connectivity index is 2.47. The quantitative estimate of drug-likeness (QED) is 0.694. The number of hydrogen-bond donors (Lipinski definition) is 0. The lowest BCUT2D eigenvalue weighted by molar-refractivity contribution is -0.131. The van der Waals surface area contributed by atoms with E-state index in [0.717, 1.165) is 25.9 Å². The lowest BCUT2D eigenvalue weighted by Gasteiger charge is -2.20. The van der Waals surface area contributed by atoms with E-state index in [1.807, 2.05) is 24.0 Å². The van der Waals surface area contributed by atoms with Gasteiger partial charge in [0.15, 0.2) is 0 Å². The highest BCUT2D eigenvalue weighted by molar-refractivity contribution is 6.17. The first-order valence-electron chi connectivity index (χ1n) is 6.57. The molecule has 3 heteroatoms. The summed E-state index contributed by atoms with van der Waals surface area (Å²) >= 11 is 5.66. The molecule has 0 saturated heterocycles. The summed E-state index contributed by atoms with van der Waals surface area (Å²) in [7, 11) is 0. The van der Waals surface area contributed by atoms with E-state index in [9.17, 15) is 4.79 Å². The zero-order valence-electron chi connectivity index (χ0n) is 11.3. The van der Waals surface area contributed by atoms with Gasteiger partial charge in [0.1, 0.15) is 0 Å². The molecular formula is C15H22ClNO. The second-order valence-corrected chi connectivity index (χ2v) is 4.82. The van der Waals surface area contributed by atoms with Crippen molar-refractivity contribution in [2.24, 2.45) is 0 Å². The van der Waals surface area contributed by atoms with Crippen LogP contribution < -0.4 is 0 Å². The normalized spacial score (nSPS) is 10.4. The number of hydrogen-bond acceptors (Lipinski definition) is 1. The molecule has 0 aliphatic rings. The lowest BCUT2D eigenvalue weighted by Crippen LogP contribution is -2.32. The summed E-state index contributed by atoms with van der Waals surface area (Å²) in [6.07, 6.45) is 2.27. The number of rotatable bonds is 7. The van der Waals surface area contributed by atoms with Crippen molar-refractivity contribution < 1.29 is 4.79 Å². The van der Waals surface area contributed by atoms with Crippen molar-refractivity contribution in [3.8, 4) is 0 Å². The predicted molar refractivity (Wildman–Crippen MR) is 77.1 cm³/mol. The third-order valence-electron chi connectivity index (χ3n) is 3.17. The molecule has 1 aromatic rings. The van der Waals surface area contributed by atoms with Crippen LogP contribution in [0, 0.1) is 6.92 Å². The Hall–Kier alpha value is -1.02. The van der Waals surface area contributed by atoms with Crippen LogP contribution in [-0.4, -0.2) is 29.8 Å². The van der Waals surface area contributed by atoms with Crippen LogP contribution in [0.4, 0.5) is 0 Å². The summed E-state index contributed by atoms with van der Waals surface area (Å²) in [4.78, 5) is 13.9. The SMILES string of the molecule is CCN(CCCCl)C(=O)CCc1ccccc1C. The third kappa shape index (κ3) is 4.69. The molecule has 100 valence electrons. The van der Waals surface area contributed by atoms with Gasteiger partial charge in [-0.1, -0.05) is 24.3 Å². The average molecular weight is 268 g/mol. The second kappa shape index (κ2) is 8.15. The molecule has 0 aliphatic heterocycles. The van der Waals surface area contributed by atoms with Crippen LogP contribution in [0.15, 0.2) is 24.3 Å². The van der Waals surface area contributed by atoms with Gasteiger partial charge in [-0.15, -0.1) is 11.6 Å². The van der Waals surface area contributed by atoms with E-state index >= 15 is 0 Å². The van der Waals surface area contributed by atoms with E-state index in [1.54, 1.807) is 0 Å². The number of benzene rings is 1. The van der Waals surface area contributed by atoms with Gasteiger partial charge in [-0.25, -0.2) is 0 Å². The molecule has 0 N–H and O–H groups in total. The van der Waals surface area contributed by atoms with Crippen molar-refractivity contribution in [2.45, 2.75) is 33.1 Å². The van der Waals surface area contributed by atoms with Gasteiger partial charge < -0.3 is 4.90 Å². The average Bonchev–Trinajstić information content (AvgIpc) is 2.38. The highest BCUT2D eigenvalue weighted by Gasteiger charge is 2.11. The van der Waals surface area contributed by atoms with Gasteiger partial charge in [0.25, 0.3) is 0 Å². The molecule has 1 aromatic carbocycles. The first-order valence-corrected chi connectivity index (χ1v) is 7.10. The van der Waals surface area contributed by atoms with Gasteiger partial charge in [-0.3, -0.25) is 4.79 Å². The standard InChI is InChI=1S/C15H22ClNO/c1-3-17(12-6-11-16)15(18)10-9-14-8-5-4-7-13(14)2/h4-5,7-8H,3,6,9-12H2,1-2H3. The molecule has 1 rings (SSSR count). The van der Waals surface area contributed by atoms with Crippen LogP contribution in [0.25, 0.3) is 0 Å². The van der Waals surface area contributed by atoms with Crippen LogP contribution in [0.2, 0.25) is 0 Å². The fourth-order valence-electron chi connectivity index (χ4n) is 2.00. The fourth-order valence-corrected chi connectivity index (χ4v) is 2.12. The molecule has 0 atom stereocenters. The highest BCUT2D eigenvalue weighted by Crippen LogP contribution is 2.10. The van der Waals surface area contributed by atoms with E-state index in [4.69, 9.17) is 11.6 Å². The minimum atomic E-state index is 0.228. The molecule has 2 nitrogen and oxygen atoms in total. The Morgan fingerprint density at radius 2 is 2.06 bits per heavy atom. The smallest absolute Gasteiger partial charge is 0.222 e. The van der Waals surface area contributed by atoms with Gasteiger partial charge in [-0.05, 0) is 37.8 Å². The summed E-state index contributed by atoms with van der Waals surface area (Å²) in [6.45, 7) is 5.64. The zero-order valence-corrected chi connectivity index (χ0v) is 12.0. The minimum absolute atomic E-state index is 0.228. The maximum atomic E-state index is 12.0. The van der Waals surface area contributed by atoms with Crippen molar-refractivity contribution in [3.05, 3.63) is 35.4 Å². The van der Waals surface area contributed by atoms with E-state index in [0.29, 0.717) is 12.3 Å². The van der Waals surface area contributed by atoms with Gasteiger partial charge in [-0.2, -0.15) is 0 Å². The summed E-state index contributed by atoms with van der Waals surface area (Å²) in [5.41, 5.74) is 2.52. The number of carbonyl (C=O) groups is 1. The van der Waals surface area contributed by atoms with Crippen molar-refractivity contribution >= 4 is 17.5 Å². The third-order valence-corrected chi connectivity index (χ3v) is 3.43. The van der Waals surface area contributed by atoms with Gasteiger partial charge in [0.2, 0.25) is 5.91 Å². The highest BCUT2D eigenvalue weighted by atomic mass is 35.5. The van der Waals surface area contributed by atoms with Crippen LogP contribution in [0.3, 0.4) is 0 Å². The lowest BCUT2D eigenvalue weighted by atomic mass is 10.0. The van der Waals surface area contributed by atoms with Crippen LogP contribution in [0.5, 0.6) is 0 Å². The maximum absolute atomic E-state index is 12.0. The monoisotopic (exact) mass is 267 g/mol. The molecule has 0 bridgehead atoms. The van der Waals surface area contributed by atoms with E-state index in [1.165, 1.54) is 11.1 Å². The van der Waals surface area contributed by atoms with Crippen molar-refractivity contribution in [1.29, 1.82) is 0 Å². The molecule has 0 unspecified atom stereocenters. The van der Waals surface area contributed by atoms with Gasteiger partial charge in [0, 0.05) is 25.4 Å². The minimum Gasteiger partial charge on any atom is -0.343 e. The Morgan fingerprint density at radius 3 is 2.67 bits per heavy atom. The number of aryl methyl sites for hydroxylation is 2. The fraction of sp³-hybridized carbons (Fsp3) is 0.533. The van der Waals surface area contributed by atoms with E-state index in [-0.39, 0.29) is 5.91 Å². The van der Waals surface area contributed by atoms with Crippen molar-refractivity contribution in [1.82, 2.24) is 4.90 Å². The second-order valence-electron chi connectivity index (χ2n) is 4.44. The number of halogens is 1. The molecule has 0 radical (unpaired) electrons. The summed E-state index contributed by atoms with van der Waals surface area (Å²) in [5, 5.41) is 0. The van der Waals surface area contributed by atoms with Crippen molar-refractivity contribution in [3.63, 3.8) is 0 Å². The number of amides is 1. The summed E-state index contributed by atoms with van der Waals surface area (Å²) in [6, 6.07) is 8.24. The van der Waals surface area contributed by atoms with Crippen LogP contribution in [0.1, 0.15) is 30.9 Å². The molecule has 1 amide bonds. The molecular weight excluding hydrogens is 246 g/mol. The Kier molecular flexibility index (Phi) is 6.81. The number of nitrogens with zero attached hydrogens (tertiary/aromatic N) is 1. The molecule has 0 aliphatic carbocycles. The molecule has 0 saturated carbocycles. The van der Waals surface area contributed by atoms with E-state index < -0.39 is 0 Å².